The summed E-state index contributed by atoms with van der Waals surface area (Å²) in [5.41, 5.74) is 5.19. The SMILES string of the molecule is COCC(CCO)Nc1nc[nH]c(=O)c1N. The summed E-state index contributed by atoms with van der Waals surface area (Å²) in [4.78, 5) is 17.5. The van der Waals surface area contributed by atoms with E-state index < -0.39 is 5.56 Å². The molecule has 0 fully saturated rings. The summed E-state index contributed by atoms with van der Waals surface area (Å²) in [6.45, 7) is 0.415. The van der Waals surface area contributed by atoms with Crippen molar-refractivity contribution in [1.82, 2.24) is 9.97 Å². The fourth-order valence-electron chi connectivity index (χ4n) is 1.27. The molecular formula is C9H16N4O3. The number of aromatic amines is 1. The smallest absolute Gasteiger partial charge is 0.276 e. The van der Waals surface area contributed by atoms with Gasteiger partial charge >= 0.3 is 0 Å². The van der Waals surface area contributed by atoms with Crippen molar-refractivity contribution in [1.29, 1.82) is 0 Å². The van der Waals surface area contributed by atoms with Gasteiger partial charge in [-0.15, -0.1) is 0 Å². The predicted octanol–water partition coefficient (Wildman–Crippen LogP) is -0.839. The van der Waals surface area contributed by atoms with E-state index >= 15 is 0 Å². The highest BCUT2D eigenvalue weighted by Gasteiger charge is 2.11. The number of nitrogens with zero attached hydrogens (tertiary/aromatic N) is 1. The number of nitrogens with one attached hydrogen (secondary N) is 2. The maximum atomic E-state index is 11.2. The first kappa shape index (κ1) is 12.5. The van der Waals surface area contributed by atoms with Crippen molar-refractivity contribution in [3.63, 3.8) is 0 Å². The Morgan fingerprint density at radius 1 is 1.75 bits per heavy atom. The molecule has 5 N–H and O–H groups in total. The molecule has 0 aliphatic carbocycles. The lowest BCUT2D eigenvalue weighted by Crippen LogP contribution is -2.28. The molecule has 90 valence electrons. The molecular weight excluding hydrogens is 212 g/mol. The monoisotopic (exact) mass is 228 g/mol. The second-order valence-corrected chi connectivity index (χ2v) is 3.30. The molecule has 0 aliphatic rings. The Bertz CT molecular complexity index is 373. The third-order valence-corrected chi connectivity index (χ3v) is 2.08. The Kier molecular flexibility index (Phi) is 4.74. The minimum Gasteiger partial charge on any atom is -0.396 e. The molecule has 7 nitrogen and oxygen atoms in total. The number of H-pyrrole nitrogens is 1. The van der Waals surface area contributed by atoms with E-state index in [4.69, 9.17) is 15.6 Å². The summed E-state index contributed by atoms with van der Waals surface area (Å²) in [6.07, 6.45) is 1.76. The van der Waals surface area contributed by atoms with E-state index in [0.29, 0.717) is 18.8 Å². The van der Waals surface area contributed by atoms with Gasteiger partial charge in [-0.3, -0.25) is 4.79 Å². The quantitative estimate of drug-likeness (QED) is 0.505. The van der Waals surface area contributed by atoms with Crippen LogP contribution in [0.25, 0.3) is 0 Å². The number of nitrogens with two attached hydrogens (primary N) is 1. The highest BCUT2D eigenvalue weighted by atomic mass is 16.5. The van der Waals surface area contributed by atoms with Crippen LogP contribution < -0.4 is 16.6 Å². The number of aliphatic hydroxyl groups excluding tert-OH is 1. The minimum absolute atomic E-state index is 0.0180. The van der Waals surface area contributed by atoms with Crippen LogP contribution in [0.5, 0.6) is 0 Å². The molecule has 1 heterocycles. The van der Waals surface area contributed by atoms with E-state index in [1.807, 2.05) is 0 Å². The van der Waals surface area contributed by atoms with Crippen LogP contribution in [0, 0.1) is 0 Å². The zero-order valence-electron chi connectivity index (χ0n) is 9.06. The third kappa shape index (κ3) is 3.21. The molecule has 1 atom stereocenters. The number of hydrogen-bond acceptors (Lipinski definition) is 6. The first-order valence-electron chi connectivity index (χ1n) is 4.88. The standard InChI is InChI=1S/C9H16N4O3/c1-16-4-6(2-3-14)13-8-7(10)9(15)12-5-11-8/h5-6,14H,2-4,10H2,1H3,(H2,11,12,13,15). The molecule has 1 aromatic rings. The van der Waals surface area contributed by atoms with Gasteiger partial charge in [0.05, 0.1) is 19.0 Å². The first-order valence-corrected chi connectivity index (χ1v) is 4.88. The lowest BCUT2D eigenvalue weighted by molar-refractivity contribution is 0.170. The average Bonchev–Trinajstić information content (AvgIpc) is 2.25. The molecule has 7 heteroatoms. The first-order chi connectivity index (χ1) is 7.69. The van der Waals surface area contributed by atoms with Gasteiger partial charge in [0.25, 0.3) is 5.56 Å². The summed E-state index contributed by atoms with van der Waals surface area (Å²) < 4.78 is 4.97. The second kappa shape index (κ2) is 6.09. The number of hydrogen-bond donors (Lipinski definition) is 4. The van der Waals surface area contributed by atoms with Crippen molar-refractivity contribution in [3.8, 4) is 0 Å². The molecule has 0 saturated heterocycles. The molecule has 0 spiro atoms. The Hall–Kier alpha value is -1.60. The predicted molar refractivity (Wildman–Crippen MR) is 60.3 cm³/mol. The van der Waals surface area contributed by atoms with Gasteiger partial charge in [-0.2, -0.15) is 0 Å². The van der Waals surface area contributed by atoms with E-state index in [9.17, 15) is 4.79 Å². The van der Waals surface area contributed by atoms with Gasteiger partial charge in [-0.05, 0) is 6.42 Å². The van der Waals surface area contributed by atoms with Crippen molar-refractivity contribution in [2.75, 3.05) is 31.4 Å². The van der Waals surface area contributed by atoms with Gasteiger partial charge in [0, 0.05) is 13.7 Å². The highest BCUT2D eigenvalue weighted by Crippen LogP contribution is 2.10. The number of anilines is 2. The number of aliphatic hydroxyl groups is 1. The maximum absolute atomic E-state index is 11.2. The summed E-state index contributed by atoms with van der Waals surface area (Å²) in [5, 5.41) is 11.8. The highest BCUT2D eigenvalue weighted by molar-refractivity contribution is 5.59. The van der Waals surface area contributed by atoms with Gasteiger partial charge in [-0.25, -0.2) is 4.98 Å². The molecule has 0 bridgehead atoms. The van der Waals surface area contributed by atoms with Crippen molar-refractivity contribution in [3.05, 3.63) is 16.7 Å². The zero-order valence-corrected chi connectivity index (χ0v) is 9.06. The number of methoxy groups -OCH3 is 1. The van der Waals surface area contributed by atoms with Crippen LogP contribution >= 0.6 is 0 Å². The summed E-state index contributed by atoms with van der Waals surface area (Å²) in [6, 6.07) is -0.133. The van der Waals surface area contributed by atoms with E-state index in [-0.39, 0.29) is 18.3 Å². The van der Waals surface area contributed by atoms with Crippen molar-refractivity contribution >= 4 is 11.5 Å². The lowest BCUT2D eigenvalue weighted by atomic mass is 10.2. The Morgan fingerprint density at radius 3 is 3.12 bits per heavy atom. The van der Waals surface area contributed by atoms with Gasteiger partial charge in [0.2, 0.25) is 0 Å². The van der Waals surface area contributed by atoms with Crippen LogP contribution in [0.15, 0.2) is 11.1 Å². The molecule has 1 unspecified atom stereocenters. The van der Waals surface area contributed by atoms with Gasteiger partial charge < -0.3 is 25.9 Å². The van der Waals surface area contributed by atoms with Crippen LogP contribution in [0.1, 0.15) is 6.42 Å². The third-order valence-electron chi connectivity index (χ3n) is 2.08. The topological polar surface area (TPSA) is 113 Å². The molecule has 0 aromatic carbocycles. The van der Waals surface area contributed by atoms with Crippen LogP contribution in [0.4, 0.5) is 11.5 Å². The van der Waals surface area contributed by atoms with Gasteiger partial charge in [0.15, 0.2) is 5.82 Å². The van der Waals surface area contributed by atoms with Crippen LogP contribution in [-0.2, 0) is 4.74 Å². The Balaban J connectivity index is 2.76. The molecule has 0 aliphatic heterocycles. The molecule has 1 rings (SSSR count). The summed E-state index contributed by atoms with van der Waals surface area (Å²) in [5.74, 6) is 0.305. The maximum Gasteiger partial charge on any atom is 0.276 e. The Morgan fingerprint density at radius 2 is 2.50 bits per heavy atom. The zero-order chi connectivity index (χ0) is 12.0. The molecule has 1 aromatic heterocycles. The van der Waals surface area contributed by atoms with E-state index in [1.54, 1.807) is 7.11 Å². The summed E-state index contributed by atoms with van der Waals surface area (Å²) >= 11 is 0. The molecule has 16 heavy (non-hydrogen) atoms. The molecule has 0 amide bonds. The number of rotatable bonds is 6. The fourth-order valence-corrected chi connectivity index (χ4v) is 1.27. The number of nitrogen functional groups attached to an aromatic ring is 1. The second-order valence-electron chi connectivity index (χ2n) is 3.30. The van der Waals surface area contributed by atoms with Gasteiger partial charge in [-0.1, -0.05) is 0 Å². The van der Waals surface area contributed by atoms with E-state index in [0.717, 1.165) is 0 Å². The van der Waals surface area contributed by atoms with Crippen LogP contribution in [0.2, 0.25) is 0 Å². The number of aromatic nitrogens is 2. The van der Waals surface area contributed by atoms with E-state index in [2.05, 4.69) is 15.3 Å². The Labute approximate surface area is 92.7 Å². The minimum atomic E-state index is -0.391. The lowest BCUT2D eigenvalue weighted by Gasteiger charge is -2.17. The van der Waals surface area contributed by atoms with Crippen molar-refractivity contribution in [2.45, 2.75) is 12.5 Å². The van der Waals surface area contributed by atoms with Crippen LogP contribution in [0.3, 0.4) is 0 Å². The number of ether oxygens (including phenoxy) is 1. The van der Waals surface area contributed by atoms with E-state index in [1.165, 1.54) is 6.33 Å². The molecule has 0 saturated carbocycles. The van der Waals surface area contributed by atoms with Crippen LogP contribution in [-0.4, -0.2) is 41.4 Å². The van der Waals surface area contributed by atoms with Crippen molar-refractivity contribution in [2.24, 2.45) is 0 Å². The normalized spacial score (nSPS) is 12.4. The summed E-state index contributed by atoms with van der Waals surface area (Å²) in [7, 11) is 1.56. The molecule has 0 radical (unpaired) electrons. The van der Waals surface area contributed by atoms with Gasteiger partial charge in [0.1, 0.15) is 5.69 Å². The largest absolute Gasteiger partial charge is 0.396 e. The fraction of sp³-hybridized carbons (Fsp3) is 0.556. The van der Waals surface area contributed by atoms with Crippen molar-refractivity contribution < 1.29 is 9.84 Å². The average molecular weight is 228 g/mol.